The van der Waals surface area contributed by atoms with E-state index in [-0.39, 0.29) is 11.7 Å². The van der Waals surface area contributed by atoms with Crippen LogP contribution in [0.2, 0.25) is 0 Å². The molecule has 1 aliphatic rings. The summed E-state index contributed by atoms with van der Waals surface area (Å²) in [5.74, 6) is 0.704. The van der Waals surface area contributed by atoms with E-state index in [0.717, 1.165) is 37.2 Å². The molecule has 0 unspecified atom stereocenters. The lowest BCUT2D eigenvalue weighted by Gasteiger charge is -2.26. The molecule has 1 amide bonds. The molecule has 1 fully saturated rings. The summed E-state index contributed by atoms with van der Waals surface area (Å²) in [4.78, 5) is 18.6. The van der Waals surface area contributed by atoms with E-state index in [0.29, 0.717) is 16.7 Å². The fraction of sp³-hybridized carbons (Fsp3) is 0.300. The number of pyridine rings is 1. The van der Waals surface area contributed by atoms with Gasteiger partial charge in [0.25, 0.3) is 0 Å². The lowest BCUT2D eigenvalue weighted by Crippen LogP contribution is -2.36. The number of carbonyl (C=O) groups is 1. The number of rotatable bonds is 5. The normalized spacial score (nSPS) is 14.2. The second-order valence-corrected chi connectivity index (χ2v) is 7.53. The van der Waals surface area contributed by atoms with Gasteiger partial charge in [0.2, 0.25) is 5.91 Å². The van der Waals surface area contributed by atoms with Crippen molar-refractivity contribution in [3.8, 4) is 17.1 Å². The van der Waals surface area contributed by atoms with Crippen molar-refractivity contribution in [1.29, 1.82) is 0 Å². The van der Waals surface area contributed by atoms with Gasteiger partial charge in [-0.25, -0.2) is 4.39 Å². The number of thioether (sulfide) groups is 1. The molecule has 1 saturated heterocycles. The molecule has 4 rings (SSSR count). The number of hydrogen-bond donors (Lipinski definition) is 0. The summed E-state index contributed by atoms with van der Waals surface area (Å²) >= 11 is 1.35. The molecule has 2 aromatic heterocycles. The Balaban J connectivity index is 1.62. The topological polar surface area (TPSA) is 63.9 Å². The first-order chi connectivity index (χ1) is 13.7. The summed E-state index contributed by atoms with van der Waals surface area (Å²) in [6.07, 6.45) is 6.71. The third-order valence-electron chi connectivity index (χ3n) is 4.67. The summed E-state index contributed by atoms with van der Waals surface area (Å²) in [5, 5.41) is 9.19. The van der Waals surface area contributed by atoms with Crippen molar-refractivity contribution >= 4 is 17.7 Å². The van der Waals surface area contributed by atoms with Crippen molar-refractivity contribution in [2.75, 3.05) is 18.8 Å². The second kappa shape index (κ2) is 8.52. The van der Waals surface area contributed by atoms with E-state index in [1.54, 1.807) is 24.5 Å². The van der Waals surface area contributed by atoms with Gasteiger partial charge in [-0.2, -0.15) is 0 Å². The first kappa shape index (κ1) is 18.6. The van der Waals surface area contributed by atoms with Crippen LogP contribution >= 0.6 is 11.8 Å². The lowest BCUT2D eigenvalue weighted by atomic mass is 10.1. The van der Waals surface area contributed by atoms with Crippen molar-refractivity contribution in [3.05, 3.63) is 54.6 Å². The molecule has 0 spiro atoms. The van der Waals surface area contributed by atoms with Gasteiger partial charge < -0.3 is 4.90 Å². The van der Waals surface area contributed by atoms with Gasteiger partial charge in [0.15, 0.2) is 11.0 Å². The van der Waals surface area contributed by atoms with Crippen LogP contribution in [0.1, 0.15) is 19.3 Å². The first-order valence-corrected chi connectivity index (χ1v) is 10.2. The largest absolute Gasteiger partial charge is 0.342 e. The van der Waals surface area contributed by atoms with E-state index in [1.807, 2.05) is 21.6 Å². The van der Waals surface area contributed by atoms with Crippen LogP contribution in [0, 0.1) is 5.82 Å². The molecule has 0 bridgehead atoms. The Morgan fingerprint density at radius 2 is 1.86 bits per heavy atom. The number of likely N-dealkylation sites (tertiary alicyclic amines) is 1. The number of hydrogen-bond acceptors (Lipinski definition) is 5. The molecular formula is C20H20FN5OS. The van der Waals surface area contributed by atoms with Gasteiger partial charge in [-0.05, 0) is 55.7 Å². The third kappa shape index (κ3) is 4.06. The molecule has 0 radical (unpaired) electrons. The minimum absolute atomic E-state index is 0.112. The molecule has 0 saturated carbocycles. The van der Waals surface area contributed by atoms with Crippen LogP contribution in [0.3, 0.4) is 0 Å². The number of carbonyl (C=O) groups excluding carboxylic acids is 1. The van der Waals surface area contributed by atoms with Crippen molar-refractivity contribution < 1.29 is 9.18 Å². The summed E-state index contributed by atoms with van der Waals surface area (Å²) in [5.41, 5.74) is 1.53. The summed E-state index contributed by atoms with van der Waals surface area (Å²) in [6.45, 7) is 1.65. The molecule has 144 valence electrons. The van der Waals surface area contributed by atoms with Crippen molar-refractivity contribution in [2.24, 2.45) is 0 Å². The van der Waals surface area contributed by atoms with Crippen LogP contribution in [0.5, 0.6) is 0 Å². The van der Waals surface area contributed by atoms with Crippen molar-refractivity contribution in [2.45, 2.75) is 24.4 Å². The molecule has 3 aromatic rings. The van der Waals surface area contributed by atoms with Crippen LogP contribution in [-0.4, -0.2) is 49.4 Å². The number of amides is 1. The van der Waals surface area contributed by atoms with E-state index in [4.69, 9.17) is 0 Å². The van der Waals surface area contributed by atoms with E-state index < -0.39 is 0 Å². The van der Waals surface area contributed by atoms with Crippen molar-refractivity contribution in [3.63, 3.8) is 0 Å². The third-order valence-corrected chi connectivity index (χ3v) is 5.59. The Hall–Kier alpha value is -2.74. The Morgan fingerprint density at radius 3 is 2.57 bits per heavy atom. The van der Waals surface area contributed by atoms with E-state index >= 15 is 0 Å². The van der Waals surface area contributed by atoms with E-state index in [9.17, 15) is 9.18 Å². The lowest BCUT2D eigenvalue weighted by molar-refractivity contribution is -0.129. The highest BCUT2D eigenvalue weighted by Gasteiger charge is 2.20. The quantitative estimate of drug-likeness (QED) is 0.616. The molecule has 1 aromatic carbocycles. The Morgan fingerprint density at radius 1 is 1.07 bits per heavy atom. The molecule has 3 heterocycles. The Kier molecular flexibility index (Phi) is 5.66. The number of aromatic nitrogens is 4. The van der Waals surface area contributed by atoms with Gasteiger partial charge in [-0.1, -0.05) is 11.8 Å². The van der Waals surface area contributed by atoms with Gasteiger partial charge in [-0.15, -0.1) is 10.2 Å². The number of piperidine rings is 1. The summed E-state index contributed by atoms with van der Waals surface area (Å²) in [6, 6.07) is 9.87. The van der Waals surface area contributed by atoms with Gasteiger partial charge in [0.1, 0.15) is 5.82 Å². The van der Waals surface area contributed by atoms with Crippen molar-refractivity contribution in [1.82, 2.24) is 24.6 Å². The summed E-state index contributed by atoms with van der Waals surface area (Å²) < 4.78 is 15.2. The van der Waals surface area contributed by atoms with Crippen LogP contribution in [0.25, 0.3) is 17.1 Å². The highest BCUT2D eigenvalue weighted by atomic mass is 32.2. The maximum absolute atomic E-state index is 13.4. The zero-order chi connectivity index (χ0) is 19.3. The number of benzene rings is 1. The van der Waals surface area contributed by atoms with Crippen LogP contribution in [-0.2, 0) is 4.79 Å². The van der Waals surface area contributed by atoms with Crippen LogP contribution in [0.15, 0.2) is 53.9 Å². The average Bonchev–Trinajstić information content (AvgIpc) is 3.18. The zero-order valence-corrected chi connectivity index (χ0v) is 16.1. The fourth-order valence-electron chi connectivity index (χ4n) is 3.23. The average molecular weight is 397 g/mol. The van der Waals surface area contributed by atoms with Gasteiger partial charge in [0, 0.05) is 36.7 Å². The molecule has 0 atom stereocenters. The Labute approximate surface area is 166 Å². The fourth-order valence-corrected chi connectivity index (χ4v) is 4.08. The minimum atomic E-state index is -0.311. The predicted octanol–water partition coefficient (Wildman–Crippen LogP) is 3.57. The second-order valence-electron chi connectivity index (χ2n) is 6.59. The smallest absolute Gasteiger partial charge is 0.233 e. The molecule has 8 heteroatoms. The predicted molar refractivity (Wildman–Crippen MR) is 106 cm³/mol. The van der Waals surface area contributed by atoms with Gasteiger partial charge in [-0.3, -0.25) is 14.3 Å². The van der Waals surface area contributed by atoms with Crippen LogP contribution in [0.4, 0.5) is 4.39 Å². The highest BCUT2D eigenvalue weighted by molar-refractivity contribution is 7.99. The van der Waals surface area contributed by atoms with E-state index in [2.05, 4.69) is 15.2 Å². The zero-order valence-electron chi connectivity index (χ0n) is 15.3. The minimum Gasteiger partial charge on any atom is -0.342 e. The standard InChI is InChI=1S/C20H20FN5OS/c21-16-6-8-17(9-7-16)26-19(15-5-4-10-22-13-15)23-24-20(26)28-14-18(27)25-11-2-1-3-12-25/h4-10,13H,1-3,11-12,14H2. The molecule has 0 N–H and O–H groups in total. The highest BCUT2D eigenvalue weighted by Crippen LogP contribution is 2.28. The maximum Gasteiger partial charge on any atom is 0.233 e. The molecule has 1 aliphatic heterocycles. The maximum atomic E-state index is 13.4. The van der Waals surface area contributed by atoms with E-state index in [1.165, 1.54) is 30.3 Å². The van der Waals surface area contributed by atoms with Gasteiger partial charge >= 0.3 is 0 Å². The number of halogens is 1. The molecule has 28 heavy (non-hydrogen) atoms. The SMILES string of the molecule is O=C(CSc1nnc(-c2cccnc2)n1-c1ccc(F)cc1)N1CCCCC1. The molecular weight excluding hydrogens is 377 g/mol. The van der Waals surface area contributed by atoms with Gasteiger partial charge in [0.05, 0.1) is 5.75 Å². The molecule has 6 nitrogen and oxygen atoms in total. The Bertz CT molecular complexity index is 939. The molecule has 0 aliphatic carbocycles. The van der Waals surface area contributed by atoms with Crippen LogP contribution < -0.4 is 0 Å². The first-order valence-electron chi connectivity index (χ1n) is 9.25. The summed E-state index contributed by atoms with van der Waals surface area (Å²) in [7, 11) is 0. The monoisotopic (exact) mass is 397 g/mol. The number of nitrogens with zero attached hydrogens (tertiary/aromatic N) is 5.